The molecular formula is C70H99Cl2NO38. The molecule has 111 heavy (non-hydrogen) atoms. The number of hydrogen-bond donors (Lipinski definition) is 10. The van der Waals surface area contributed by atoms with Crippen LogP contribution in [-0.2, 0) is 118 Å². The quantitative estimate of drug-likeness (QED) is 0.0617. The van der Waals surface area contributed by atoms with Crippen LogP contribution in [0.5, 0.6) is 23.0 Å². The number of nitrogens with zero attached hydrogens (tertiary/aromatic N) is 1. The predicted molar refractivity (Wildman–Crippen MR) is 361 cm³/mol. The van der Waals surface area contributed by atoms with Crippen molar-refractivity contribution in [3.8, 4) is 23.0 Å². The minimum absolute atomic E-state index is 0.0316. The van der Waals surface area contributed by atoms with Crippen LogP contribution >= 0.6 is 23.2 Å². The Balaban J connectivity index is 0.644. The SMILES string of the molecule is COCC1OC(OC2OCC3OC4(OCC(OC(=O)c5c(C)cc(O)cc5O)C5OCOC54)OC3C2O)C(OC)C(O)C1OC1OC(C)C(OC)C(OC2OC(C)C3OC4(CC(O)C(OC5CC(OC6CC(C)(N(O)O)C(OC)C(C)O6)C(OC(=O)c6c(C)c(Cl)c(O)c(Cl)c6OC)C(C)O5)C(C)O4)OC3(C)C2O)C1O. The molecule has 0 bridgehead atoms. The van der Waals surface area contributed by atoms with E-state index >= 15 is 0 Å². The van der Waals surface area contributed by atoms with E-state index < -0.39 is 243 Å². The van der Waals surface area contributed by atoms with Crippen LogP contribution in [0.4, 0.5) is 0 Å². The van der Waals surface area contributed by atoms with E-state index in [0.29, 0.717) is 0 Å². The van der Waals surface area contributed by atoms with Gasteiger partial charge in [-0.05, 0) is 79.5 Å². The van der Waals surface area contributed by atoms with Crippen LogP contribution in [0.3, 0.4) is 0 Å². The topological polar surface area (TPSA) is 480 Å². The Morgan fingerprint density at radius 3 is 1.96 bits per heavy atom. The summed E-state index contributed by atoms with van der Waals surface area (Å²) in [5, 5.41) is 113. The summed E-state index contributed by atoms with van der Waals surface area (Å²) in [6.07, 6.45) is -40.2. The lowest BCUT2D eigenvalue weighted by Gasteiger charge is -2.50. The molecule has 626 valence electrons. The monoisotopic (exact) mass is 1630 g/mol. The van der Waals surface area contributed by atoms with Crippen LogP contribution in [-0.4, -0.2) is 344 Å². The number of phenolic OH excluding ortho intramolecular Hbond substituents is 3. The molecule has 13 rings (SSSR count). The number of carbonyl (C=O) groups is 2. The average molecular weight is 1630 g/mol. The molecule has 0 amide bonds. The Morgan fingerprint density at radius 2 is 1.29 bits per heavy atom. The molecule has 11 aliphatic heterocycles. The fraction of sp³-hybridized carbons (Fsp3) is 0.800. The number of halogens is 2. The van der Waals surface area contributed by atoms with Gasteiger partial charge in [0.15, 0.2) is 67.6 Å². The first-order chi connectivity index (χ1) is 52.6. The highest BCUT2D eigenvalue weighted by atomic mass is 35.5. The van der Waals surface area contributed by atoms with E-state index in [4.69, 9.17) is 146 Å². The molecule has 35 unspecified atom stereocenters. The van der Waals surface area contributed by atoms with E-state index in [1.807, 2.05) is 0 Å². The molecule has 11 heterocycles. The molecule has 0 aliphatic carbocycles. The average Bonchev–Trinajstić information content (AvgIpc) is 1.58. The largest absolute Gasteiger partial charge is 0.508 e. The van der Waals surface area contributed by atoms with Crippen molar-refractivity contribution in [1.82, 2.24) is 5.23 Å². The Morgan fingerprint density at radius 1 is 0.595 bits per heavy atom. The zero-order valence-electron chi connectivity index (χ0n) is 63.1. The van der Waals surface area contributed by atoms with Gasteiger partial charge in [-0.15, -0.1) is 0 Å². The molecule has 39 nitrogen and oxygen atoms in total. The second-order valence-corrected chi connectivity index (χ2v) is 30.7. The normalized spacial score (nSPS) is 45.7. The van der Waals surface area contributed by atoms with Gasteiger partial charge in [-0.2, -0.15) is 0 Å². The number of esters is 2. The van der Waals surface area contributed by atoms with E-state index in [2.05, 4.69) is 0 Å². The number of aromatic hydroxyl groups is 3. The van der Waals surface area contributed by atoms with Gasteiger partial charge in [-0.25, -0.2) is 9.59 Å². The number of hydroxylamine groups is 2. The first-order valence-corrected chi connectivity index (χ1v) is 37.1. The summed E-state index contributed by atoms with van der Waals surface area (Å²) in [6.45, 7) is 13.0. The maximum Gasteiger partial charge on any atom is 0.342 e. The van der Waals surface area contributed by atoms with Crippen LogP contribution < -0.4 is 4.74 Å². The molecule has 35 atom stereocenters. The number of benzene rings is 2. The number of aliphatic hydroxyl groups excluding tert-OH is 5. The van der Waals surface area contributed by atoms with E-state index in [1.165, 1.54) is 62.4 Å². The molecule has 41 heteroatoms. The summed E-state index contributed by atoms with van der Waals surface area (Å²) >= 11 is 12.8. The maximum atomic E-state index is 14.3. The van der Waals surface area contributed by atoms with Crippen LogP contribution in [0.15, 0.2) is 12.1 Å². The fourth-order valence-electron chi connectivity index (χ4n) is 17.0. The molecular weight excluding hydrogens is 1530 g/mol. The summed E-state index contributed by atoms with van der Waals surface area (Å²) in [5.74, 6) is -7.48. The van der Waals surface area contributed by atoms with Crippen molar-refractivity contribution in [2.75, 3.05) is 62.2 Å². The Bertz CT molecular complexity index is 3580. The number of aliphatic hydroxyl groups is 5. The number of fused-ring (bicyclic) bond motifs is 4. The van der Waals surface area contributed by atoms with Crippen molar-refractivity contribution in [3.05, 3.63) is 44.4 Å². The molecule has 2 aromatic carbocycles. The molecule has 0 radical (unpaired) electrons. The van der Waals surface area contributed by atoms with E-state index in [9.17, 15) is 60.9 Å². The van der Waals surface area contributed by atoms with E-state index in [-0.39, 0.29) is 88.5 Å². The van der Waals surface area contributed by atoms with Gasteiger partial charge in [0.2, 0.25) is 0 Å². The van der Waals surface area contributed by atoms with Crippen molar-refractivity contribution in [3.63, 3.8) is 0 Å². The highest BCUT2D eigenvalue weighted by Gasteiger charge is 2.70. The maximum absolute atomic E-state index is 14.3. The minimum Gasteiger partial charge on any atom is -0.508 e. The predicted octanol–water partition coefficient (Wildman–Crippen LogP) is 1.07. The van der Waals surface area contributed by atoms with Crippen molar-refractivity contribution in [1.29, 1.82) is 0 Å². The summed E-state index contributed by atoms with van der Waals surface area (Å²) in [7, 11) is 6.60. The van der Waals surface area contributed by atoms with E-state index in [1.54, 1.807) is 41.5 Å². The van der Waals surface area contributed by atoms with Crippen LogP contribution in [0.1, 0.15) is 99.6 Å². The summed E-state index contributed by atoms with van der Waals surface area (Å²) < 4.78 is 160. The van der Waals surface area contributed by atoms with Gasteiger partial charge < -0.3 is 164 Å². The first kappa shape index (κ1) is 84.8. The molecule has 0 aromatic heterocycles. The number of rotatable bonds is 21. The van der Waals surface area contributed by atoms with E-state index in [0.717, 1.165) is 6.07 Å². The number of aryl methyl sites for hydroxylation is 1. The van der Waals surface area contributed by atoms with Gasteiger partial charge in [-0.1, -0.05) is 28.4 Å². The van der Waals surface area contributed by atoms with Crippen LogP contribution in [0.25, 0.3) is 0 Å². The van der Waals surface area contributed by atoms with Gasteiger partial charge in [0.05, 0.1) is 75.0 Å². The molecule has 2 aromatic rings. The van der Waals surface area contributed by atoms with Crippen molar-refractivity contribution in [2.45, 2.75) is 295 Å². The molecule has 0 saturated carbocycles. The first-order valence-electron chi connectivity index (χ1n) is 36.4. The number of hydrogen-bond acceptors (Lipinski definition) is 39. The lowest BCUT2D eigenvalue weighted by Crippen LogP contribution is -2.68. The zero-order chi connectivity index (χ0) is 80.2. The highest BCUT2D eigenvalue weighted by molar-refractivity contribution is 6.39. The summed E-state index contributed by atoms with van der Waals surface area (Å²) in [5.41, 5.74) is -3.28. The Kier molecular flexibility index (Phi) is 25.5. The fourth-order valence-corrected chi connectivity index (χ4v) is 17.5. The lowest BCUT2D eigenvalue weighted by atomic mass is 9.85. The number of carbonyl (C=O) groups excluding carboxylic acids is 2. The zero-order valence-corrected chi connectivity index (χ0v) is 64.6. The van der Waals surface area contributed by atoms with Gasteiger partial charge in [0.25, 0.3) is 5.97 Å². The molecule has 11 aliphatic rings. The molecule has 2 spiro atoms. The molecule has 11 saturated heterocycles. The number of methoxy groups -OCH3 is 5. The second-order valence-electron chi connectivity index (χ2n) is 29.9. The molecule has 10 N–H and O–H groups in total. The van der Waals surface area contributed by atoms with Crippen molar-refractivity contribution >= 4 is 35.1 Å². The number of phenols is 3. The third-order valence-electron chi connectivity index (χ3n) is 22.5. The number of ether oxygens (including phenoxy) is 26. The van der Waals surface area contributed by atoms with Gasteiger partial charge >= 0.3 is 17.9 Å². The third-order valence-corrected chi connectivity index (χ3v) is 23.3. The second kappa shape index (κ2) is 33.4. The Labute approximate surface area is 646 Å². The van der Waals surface area contributed by atoms with Gasteiger partial charge in [0, 0.05) is 47.3 Å². The lowest BCUT2D eigenvalue weighted by molar-refractivity contribution is -0.417. The van der Waals surface area contributed by atoms with Crippen LogP contribution in [0.2, 0.25) is 10.0 Å². The standard InChI is InChI=1S/C70H99Cl2NO38/c1-24-15-31(74)16-32(75)40(24)61(82)100-36-22-94-70(60-53(36)92-23-93-60)108-37-21-91-63(46(79)52(37)109-70)106-65-56(89-13)45(78)51(35(101-65)20-86-10)104-64-47(80)55(50(87-11)27(4)97-64)105-66-57(81)68(9)59(30(7)98-66)110-69(111-68)18-33(76)48(28(5)107-69)102-38-17-34(99-39-19-67(8,73(84)85)58(90-14)29(6)96-39)49(26(3)95-38)103-62(83)41-25(2)42(71)44(77)43(72)54(41)88-12/h15-16,26-30,33-39,45-53,55-60,63-66,74-81,84-85H,17-23H2,1-14H3. The van der Waals surface area contributed by atoms with Crippen molar-refractivity contribution < 1.29 is 184 Å². The molecule has 11 fully saturated rings. The van der Waals surface area contributed by atoms with Gasteiger partial charge in [0.1, 0.15) is 143 Å². The van der Waals surface area contributed by atoms with Crippen LogP contribution in [0, 0.1) is 13.8 Å². The van der Waals surface area contributed by atoms with Crippen molar-refractivity contribution in [2.24, 2.45) is 0 Å². The smallest absolute Gasteiger partial charge is 0.342 e. The minimum atomic E-state index is -2.05. The highest BCUT2D eigenvalue weighted by Crippen LogP contribution is 2.53. The van der Waals surface area contributed by atoms with Gasteiger partial charge in [-0.3, -0.25) is 10.4 Å². The summed E-state index contributed by atoms with van der Waals surface area (Å²) in [4.78, 5) is 27.7. The third kappa shape index (κ3) is 15.7. The summed E-state index contributed by atoms with van der Waals surface area (Å²) in [6, 6.07) is 2.29. The Hall–Kier alpha value is -4.08.